The Morgan fingerprint density at radius 2 is 1.72 bits per heavy atom. The number of fused-ring (bicyclic) bond motifs is 1. The SMILES string of the molecule is Cc1cc(C(O)O)c2nc(-c3ccc(-c4cccnc4)cc3)[nH]c2c1. The van der Waals surface area contributed by atoms with Crippen LogP contribution in [0.2, 0.25) is 0 Å². The minimum Gasteiger partial charge on any atom is -0.364 e. The maximum absolute atomic E-state index is 9.58. The smallest absolute Gasteiger partial charge is 0.180 e. The van der Waals surface area contributed by atoms with Gasteiger partial charge in [-0.2, -0.15) is 0 Å². The fourth-order valence-electron chi connectivity index (χ4n) is 2.98. The number of nitrogens with one attached hydrogen (secondary N) is 1. The molecule has 0 spiro atoms. The van der Waals surface area contributed by atoms with E-state index < -0.39 is 6.29 Å². The molecule has 0 atom stereocenters. The lowest BCUT2D eigenvalue weighted by molar-refractivity contribution is -0.0414. The van der Waals surface area contributed by atoms with Crippen molar-refractivity contribution in [2.45, 2.75) is 13.2 Å². The maximum atomic E-state index is 9.58. The van der Waals surface area contributed by atoms with Crippen LogP contribution in [-0.4, -0.2) is 25.2 Å². The van der Waals surface area contributed by atoms with E-state index in [2.05, 4.69) is 15.0 Å². The van der Waals surface area contributed by atoms with Crippen LogP contribution in [0.5, 0.6) is 0 Å². The molecular formula is C20H17N3O2. The van der Waals surface area contributed by atoms with E-state index in [9.17, 15) is 10.2 Å². The Kier molecular flexibility index (Phi) is 3.80. The number of pyridine rings is 1. The minimum absolute atomic E-state index is 0.407. The number of hydrogen-bond donors (Lipinski definition) is 3. The van der Waals surface area contributed by atoms with Gasteiger partial charge in [0.25, 0.3) is 0 Å². The van der Waals surface area contributed by atoms with Crippen molar-refractivity contribution in [3.05, 3.63) is 72.1 Å². The monoisotopic (exact) mass is 331 g/mol. The van der Waals surface area contributed by atoms with Crippen molar-refractivity contribution < 1.29 is 10.2 Å². The molecule has 2 aromatic carbocycles. The zero-order valence-corrected chi connectivity index (χ0v) is 13.6. The van der Waals surface area contributed by atoms with E-state index >= 15 is 0 Å². The lowest BCUT2D eigenvalue weighted by Gasteiger charge is -2.05. The highest BCUT2D eigenvalue weighted by atomic mass is 16.5. The fourth-order valence-corrected chi connectivity index (χ4v) is 2.98. The number of aromatic nitrogens is 3. The van der Waals surface area contributed by atoms with E-state index in [1.807, 2.05) is 55.6 Å². The number of aliphatic hydroxyl groups excluding tert-OH is 1. The highest BCUT2D eigenvalue weighted by molar-refractivity contribution is 5.83. The summed E-state index contributed by atoms with van der Waals surface area (Å²) < 4.78 is 0. The van der Waals surface area contributed by atoms with Gasteiger partial charge in [0, 0.05) is 23.5 Å². The van der Waals surface area contributed by atoms with Gasteiger partial charge in [-0.15, -0.1) is 0 Å². The fraction of sp³-hybridized carbons (Fsp3) is 0.100. The Morgan fingerprint density at radius 1 is 0.960 bits per heavy atom. The first kappa shape index (κ1) is 15.5. The number of aryl methyl sites for hydroxylation is 1. The van der Waals surface area contributed by atoms with Crippen molar-refractivity contribution in [3.8, 4) is 22.5 Å². The number of aliphatic hydroxyl groups is 2. The summed E-state index contributed by atoms with van der Waals surface area (Å²) in [7, 11) is 0. The van der Waals surface area contributed by atoms with Crippen molar-refractivity contribution in [1.29, 1.82) is 0 Å². The van der Waals surface area contributed by atoms with Crippen LogP contribution in [0.3, 0.4) is 0 Å². The van der Waals surface area contributed by atoms with E-state index in [1.54, 1.807) is 12.3 Å². The second-order valence-corrected chi connectivity index (χ2v) is 6.03. The summed E-state index contributed by atoms with van der Waals surface area (Å²) >= 11 is 0. The number of aromatic amines is 1. The number of imidazole rings is 1. The molecule has 2 aromatic heterocycles. The van der Waals surface area contributed by atoms with Gasteiger partial charge in [-0.1, -0.05) is 30.3 Å². The van der Waals surface area contributed by atoms with Crippen molar-refractivity contribution in [1.82, 2.24) is 15.0 Å². The molecule has 0 bridgehead atoms. The van der Waals surface area contributed by atoms with Gasteiger partial charge in [0.05, 0.1) is 11.0 Å². The molecule has 5 heteroatoms. The van der Waals surface area contributed by atoms with Crippen molar-refractivity contribution >= 4 is 11.0 Å². The van der Waals surface area contributed by atoms with Crippen LogP contribution < -0.4 is 0 Å². The molecule has 5 nitrogen and oxygen atoms in total. The second kappa shape index (κ2) is 6.12. The average Bonchev–Trinajstić information content (AvgIpc) is 3.05. The lowest BCUT2D eigenvalue weighted by atomic mass is 10.1. The quantitative estimate of drug-likeness (QED) is 0.501. The largest absolute Gasteiger partial charge is 0.364 e. The summed E-state index contributed by atoms with van der Waals surface area (Å²) in [6.45, 7) is 1.91. The standard InChI is InChI=1S/C20H17N3O2/c1-12-9-16(20(24)25)18-17(10-12)22-19(23-18)14-6-4-13(5-7-14)15-3-2-8-21-11-15/h2-11,20,24-25H,1H3,(H,22,23). The van der Waals surface area contributed by atoms with E-state index in [0.29, 0.717) is 16.9 Å². The molecule has 0 fully saturated rings. The Hall–Kier alpha value is -3.02. The molecule has 0 aliphatic carbocycles. The lowest BCUT2D eigenvalue weighted by Crippen LogP contribution is -1.96. The first-order valence-electron chi connectivity index (χ1n) is 7.99. The van der Waals surface area contributed by atoms with Crippen molar-refractivity contribution in [2.75, 3.05) is 0 Å². The molecule has 124 valence electrons. The predicted molar refractivity (Wildman–Crippen MR) is 96.7 cm³/mol. The highest BCUT2D eigenvalue weighted by Crippen LogP contribution is 2.28. The molecule has 4 aromatic rings. The Balaban J connectivity index is 1.76. The van der Waals surface area contributed by atoms with Crippen LogP contribution in [0.15, 0.2) is 60.9 Å². The number of H-pyrrole nitrogens is 1. The third-order valence-electron chi connectivity index (χ3n) is 4.19. The molecule has 0 saturated heterocycles. The van der Waals surface area contributed by atoms with Gasteiger partial charge in [0.1, 0.15) is 5.82 Å². The topological polar surface area (TPSA) is 82.0 Å². The molecular weight excluding hydrogens is 314 g/mol. The maximum Gasteiger partial charge on any atom is 0.180 e. The van der Waals surface area contributed by atoms with Gasteiger partial charge in [-0.3, -0.25) is 4.98 Å². The molecule has 2 heterocycles. The minimum atomic E-state index is -1.55. The van der Waals surface area contributed by atoms with E-state index in [4.69, 9.17) is 0 Å². The Labute approximate surface area is 144 Å². The van der Waals surface area contributed by atoms with Crippen molar-refractivity contribution in [3.63, 3.8) is 0 Å². The van der Waals surface area contributed by atoms with Crippen LogP contribution >= 0.6 is 0 Å². The van der Waals surface area contributed by atoms with E-state index in [0.717, 1.165) is 27.8 Å². The Bertz CT molecular complexity index is 1020. The summed E-state index contributed by atoms with van der Waals surface area (Å²) in [4.78, 5) is 12.0. The van der Waals surface area contributed by atoms with Crippen LogP contribution in [-0.2, 0) is 0 Å². The zero-order valence-electron chi connectivity index (χ0n) is 13.6. The molecule has 0 saturated carbocycles. The van der Waals surface area contributed by atoms with Crippen LogP contribution in [0, 0.1) is 6.92 Å². The second-order valence-electron chi connectivity index (χ2n) is 6.03. The normalized spacial score (nSPS) is 11.4. The van der Waals surface area contributed by atoms with E-state index in [-0.39, 0.29) is 0 Å². The van der Waals surface area contributed by atoms with Gasteiger partial charge in [-0.05, 0) is 41.8 Å². The van der Waals surface area contributed by atoms with Gasteiger partial charge < -0.3 is 15.2 Å². The molecule has 0 aliphatic rings. The van der Waals surface area contributed by atoms with Crippen LogP contribution in [0.1, 0.15) is 17.4 Å². The van der Waals surface area contributed by atoms with Gasteiger partial charge in [-0.25, -0.2) is 4.98 Å². The summed E-state index contributed by atoms with van der Waals surface area (Å²) in [6.07, 6.45) is 2.03. The first-order valence-corrected chi connectivity index (χ1v) is 7.99. The summed E-state index contributed by atoms with van der Waals surface area (Å²) in [5.74, 6) is 0.695. The number of nitrogens with zero attached hydrogens (tertiary/aromatic N) is 2. The summed E-state index contributed by atoms with van der Waals surface area (Å²) in [5, 5.41) is 19.2. The number of hydrogen-bond acceptors (Lipinski definition) is 4. The van der Waals surface area contributed by atoms with Gasteiger partial charge in [0.15, 0.2) is 6.29 Å². The first-order chi connectivity index (χ1) is 12.1. The third kappa shape index (κ3) is 2.91. The molecule has 0 unspecified atom stereocenters. The Morgan fingerprint density at radius 3 is 2.40 bits per heavy atom. The number of rotatable bonds is 3. The molecule has 4 rings (SSSR count). The zero-order chi connectivity index (χ0) is 17.4. The van der Waals surface area contributed by atoms with Crippen molar-refractivity contribution in [2.24, 2.45) is 0 Å². The molecule has 0 aliphatic heterocycles. The molecule has 0 amide bonds. The predicted octanol–water partition coefficient (Wildman–Crippen LogP) is 3.58. The van der Waals surface area contributed by atoms with Crippen LogP contribution in [0.25, 0.3) is 33.5 Å². The molecule has 25 heavy (non-hydrogen) atoms. The average molecular weight is 331 g/mol. The van der Waals surface area contributed by atoms with Crippen LogP contribution in [0.4, 0.5) is 0 Å². The third-order valence-corrected chi connectivity index (χ3v) is 4.19. The highest BCUT2D eigenvalue weighted by Gasteiger charge is 2.14. The molecule has 0 radical (unpaired) electrons. The van der Waals surface area contributed by atoms with Gasteiger partial charge in [0.2, 0.25) is 0 Å². The van der Waals surface area contributed by atoms with Gasteiger partial charge >= 0.3 is 0 Å². The molecule has 3 N–H and O–H groups in total. The number of benzene rings is 2. The summed E-state index contributed by atoms with van der Waals surface area (Å²) in [5.41, 5.74) is 5.78. The summed E-state index contributed by atoms with van der Waals surface area (Å²) in [6, 6.07) is 15.6. The van der Waals surface area contributed by atoms with E-state index in [1.165, 1.54) is 0 Å².